The van der Waals surface area contributed by atoms with E-state index in [0.717, 1.165) is 40.2 Å². The lowest BCUT2D eigenvalue weighted by atomic mass is 9.97. The maximum atomic E-state index is 6.04. The number of aliphatic imine (C=N–C) groups is 1. The van der Waals surface area contributed by atoms with Gasteiger partial charge in [-0.3, -0.25) is 5.43 Å². The van der Waals surface area contributed by atoms with Gasteiger partial charge in [0.15, 0.2) is 5.84 Å². The maximum absolute atomic E-state index is 6.04. The van der Waals surface area contributed by atoms with Crippen LogP contribution in [0.5, 0.6) is 0 Å². The molecule has 5 heteroatoms. The highest BCUT2D eigenvalue weighted by atomic mass is 35.5. The van der Waals surface area contributed by atoms with E-state index in [9.17, 15) is 0 Å². The average Bonchev–Trinajstić information content (AvgIpc) is 2.93. The van der Waals surface area contributed by atoms with Crippen molar-refractivity contribution in [2.75, 3.05) is 19.0 Å². The molecule has 0 aliphatic carbocycles. The highest BCUT2D eigenvalue weighted by Crippen LogP contribution is 2.28. The second-order valence-electron chi connectivity index (χ2n) is 7.19. The van der Waals surface area contributed by atoms with Crippen LogP contribution in [0.3, 0.4) is 0 Å². The van der Waals surface area contributed by atoms with Crippen molar-refractivity contribution < 1.29 is 0 Å². The fourth-order valence-electron chi connectivity index (χ4n) is 3.28. The summed E-state index contributed by atoms with van der Waals surface area (Å²) in [5.74, 6) is 0.701. The number of nitrogens with zero attached hydrogens (tertiary/aromatic N) is 3. The van der Waals surface area contributed by atoms with Crippen molar-refractivity contribution in [3.05, 3.63) is 94.0 Å². The first-order valence-corrected chi connectivity index (χ1v) is 10.0. The molecular weight excluding hydrogens is 380 g/mol. The molecule has 0 amide bonds. The molecule has 29 heavy (non-hydrogen) atoms. The van der Waals surface area contributed by atoms with Crippen LogP contribution in [0.4, 0.5) is 11.4 Å². The highest BCUT2D eigenvalue weighted by Gasteiger charge is 2.18. The summed E-state index contributed by atoms with van der Waals surface area (Å²) in [5.41, 5.74) is 10.4. The van der Waals surface area contributed by atoms with Crippen molar-refractivity contribution in [3.63, 3.8) is 0 Å². The number of nitrogens with one attached hydrogen (secondary N) is 1. The second kappa shape index (κ2) is 8.10. The van der Waals surface area contributed by atoms with E-state index in [1.165, 1.54) is 5.56 Å². The Balaban J connectivity index is 1.82. The number of halogens is 1. The first-order valence-electron chi connectivity index (χ1n) is 9.64. The molecule has 0 spiro atoms. The van der Waals surface area contributed by atoms with Gasteiger partial charge < -0.3 is 4.90 Å². The molecule has 1 N–H and O–H groups in total. The van der Waals surface area contributed by atoms with E-state index in [2.05, 4.69) is 59.7 Å². The van der Waals surface area contributed by atoms with Gasteiger partial charge in [-0.15, -0.1) is 0 Å². The van der Waals surface area contributed by atoms with E-state index in [1.54, 1.807) is 0 Å². The summed E-state index contributed by atoms with van der Waals surface area (Å²) >= 11 is 6.04. The number of amidine groups is 1. The molecule has 0 unspecified atom stereocenters. The minimum Gasteiger partial charge on any atom is -0.378 e. The van der Waals surface area contributed by atoms with Gasteiger partial charge in [0.2, 0.25) is 0 Å². The fraction of sp³-hybridized carbons (Fsp3) is 0.167. The van der Waals surface area contributed by atoms with Crippen molar-refractivity contribution in [3.8, 4) is 0 Å². The molecule has 0 bridgehead atoms. The Morgan fingerprint density at radius 3 is 2.24 bits per heavy atom. The van der Waals surface area contributed by atoms with Crippen LogP contribution in [0.2, 0.25) is 5.02 Å². The summed E-state index contributed by atoms with van der Waals surface area (Å²) < 4.78 is 0. The van der Waals surface area contributed by atoms with Gasteiger partial charge in [-0.2, -0.15) is 5.10 Å². The predicted octanol–water partition coefficient (Wildman–Crippen LogP) is 5.40. The Labute approximate surface area is 176 Å². The first-order chi connectivity index (χ1) is 14.0. The molecule has 146 valence electrons. The second-order valence-corrected chi connectivity index (χ2v) is 7.62. The van der Waals surface area contributed by atoms with E-state index >= 15 is 0 Å². The molecule has 1 aliphatic heterocycles. The molecule has 0 aromatic heterocycles. The Morgan fingerprint density at radius 1 is 0.897 bits per heavy atom. The molecular formula is C24H23ClN4. The Hall–Kier alpha value is -3.11. The largest absolute Gasteiger partial charge is 0.378 e. The first kappa shape index (κ1) is 19.2. The van der Waals surface area contributed by atoms with Crippen LogP contribution >= 0.6 is 11.6 Å². The molecule has 1 heterocycles. The summed E-state index contributed by atoms with van der Waals surface area (Å²) in [4.78, 5) is 6.96. The molecule has 3 aromatic rings. The summed E-state index contributed by atoms with van der Waals surface area (Å²) in [7, 11) is 4.07. The van der Waals surface area contributed by atoms with E-state index in [4.69, 9.17) is 21.7 Å². The minimum atomic E-state index is 0.695. The minimum absolute atomic E-state index is 0.695. The summed E-state index contributed by atoms with van der Waals surface area (Å²) in [6.07, 6.45) is 0.960. The van der Waals surface area contributed by atoms with Crippen molar-refractivity contribution in [2.45, 2.75) is 13.3 Å². The zero-order valence-electron chi connectivity index (χ0n) is 16.8. The van der Waals surface area contributed by atoms with Crippen LogP contribution in [0.1, 0.15) is 29.2 Å². The van der Waals surface area contributed by atoms with Crippen molar-refractivity contribution in [2.24, 2.45) is 10.1 Å². The summed E-state index contributed by atoms with van der Waals surface area (Å²) in [6.45, 7) is 2.15. The lowest BCUT2D eigenvalue weighted by molar-refractivity contribution is 1.03. The molecule has 1 aliphatic rings. The number of hydrogen-bond donors (Lipinski definition) is 1. The van der Waals surface area contributed by atoms with Gasteiger partial charge in [0.05, 0.1) is 11.4 Å². The number of rotatable bonds is 4. The third-order valence-corrected chi connectivity index (χ3v) is 5.26. The van der Waals surface area contributed by atoms with Crippen LogP contribution in [-0.2, 0) is 6.42 Å². The Morgan fingerprint density at radius 2 is 1.59 bits per heavy atom. The smallest absolute Gasteiger partial charge is 0.154 e. The molecule has 3 aromatic carbocycles. The van der Waals surface area contributed by atoms with Gasteiger partial charge in [-0.05, 0) is 60.5 Å². The maximum Gasteiger partial charge on any atom is 0.154 e. The molecule has 4 nitrogen and oxygen atoms in total. The Bertz CT molecular complexity index is 1080. The van der Waals surface area contributed by atoms with Crippen LogP contribution in [-0.4, -0.2) is 25.6 Å². The highest BCUT2D eigenvalue weighted by molar-refractivity contribution is 6.30. The molecule has 0 saturated carbocycles. The zero-order chi connectivity index (χ0) is 20.4. The normalized spacial score (nSPS) is 13.0. The number of fused-ring (bicyclic) bond motifs is 1. The van der Waals surface area contributed by atoms with Gasteiger partial charge in [-0.1, -0.05) is 36.7 Å². The van der Waals surface area contributed by atoms with Gasteiger partial charge >= 0.3 is 0 Å². The fourth-order valence-corrected chi connectivity index (χ4v) is 3.41. The van der Waals surface area contributed by atoms with E-state index in [-0.39, 0.29) is 0 Å². The summed E-state index contributed by atoms with van der Waals surface area (Å²) in [6, 6.07) is 22.4. The lowest BCUT2D eigenvalue weighted by Gasteiger charge is -2.14. The molecule has 0 atom stereocenters. The Kier molecular flexibility index (Phi) is 5.36. The van der Waals surface area contributed by atoms with E-state index in [0.29, 0.717) is 10.9 Å². The van der Waals surface area contributed by atoms with E-state index < -0.39 is 0 Å². The van der Waals surface area contributed by atoms with Gasteiger partial charge in [-0.25, -0.2) is 4.99 Å². The summed E-state index contributed by atoms with van der Waals surface area (Å²) in [5, 5.41) is 5.45. The third kappa shape index (κ3) is 4.03. The standard InChI is InChI=1S/C24H23ClN4/c1-4-16-5-14-22-21(15-16)23(17-8-12-20(13-9-17)29(2)3)27-28-24(26-22)18-6-10-19(25)11-7-18/h5-15H,4H2,1-3H3,(H,26,28). The molecule has 0 saturated heterocycles. The molecule has 0 fully saturated rings. The SMILES string of the molecule is CCc1ccc2c(c1)C(c1ccc(N(C)C)cc1)=NNC(c1ccc(Cl)cc1)=N2. The zero-order valence-corrected chi connectivity index (χ0v) is 17.5. The number of benzene rings is 3. The number of anilines is 1. The van der Waals surface area contributed by atoms with Crippen molar-refractivity contribution >= 4 is 34.5 Å². The van der Waals surface area contributed by atoms with Gasteiger partial charge in [0.1, 0.15) is 0 Å². The van der Waals surface area contributed by atoms with Crippen molar-refractivity contribution in [1.29, 1.82) is 0 Å². The third-order valence-electron chi connectivity index (χ3n) is 5.00. The van der Waals surface area contributed by atoms with Crippen LogP contribution in [0.25, 0.3) is 0 Å². The van der Waals surface area contributed by atoms with E-state index in [1.807, 2.05) is 38.4 Å². The van der Waals surface area contributed by atoms with Gasteiger partial charge in [0.25, 0.3) is 0 Å². The monoisotopic (exact) mass is 402 g/mol. The predicted molar refractivity (Wildman–Crippen MR) is 123 cm³/mol. The topological polar surface area (TPSA) is 40.0 Å². The number of hydrogen-bond acceptors (Lipinski definition) is 4. The number of aryl methyl sites for hydroxylation is 1. The molecule has 0 radical (unpaired) electrons. The number of hydrazone groups is 1. The average molecular weight is 403 g/mol. The van der Waals surface area contributed by atoms with Crippen molar-refractivity contribution in [1.82, 2.24) is 5.43 Å². The quantitative estimate of drug-likeness (QED) is 0.634. The van der Waals surface area contributed by atoms with Crippen LogP contribution < -0.4 is 10.3 Å². The lowest BCUT2D eigenvalue weighted by Crippen LogP contribution is -2.19. The van der Waals surface area contributed by atoms with Crippen LogP contribution in [0.15, 0.2) is 76.8 Å². The van der Waals surface area contributed by atoms with Crippen LogP contribution in [0, 0.1) is 0 Å². The molecule has 4 rings (SSSR count). The van der Waals surface area contributed by atoms with Gasteiger partial charge in [0, 0.05) is 41.5 Å².